The summed E-state index contributed by atoms with van der Waals surface area (Å²) in [4.78, 5) is 12.7. The minimum absolute atomic E-state index is 0.143. The third-order valence-electron chi connectivity index (χ3n) is 3.48. The summed E-state index contributed by atoms with van der Waals surface area (Å²) in [6.07, 6.45) is 0. The third kappa shape index (κ3) is 1.57. The lowest BCUT2D eigenvalue weighted by atomic mass is 9.96. The average Bonchev–Trinajstić information content (AvgIpc) is 2.89. The Bertz CT molecular complexity index is 820. The molecule has 0 aliphatic carbocycles. The highest BCUT2D eigenvalue weighted by atomic mass is 19.1. The van der Waals surface area contributed by atoms with Gasteiger partial charge in [0.05, 0.1) is 17.0 Å². The molecule has 0 saturated carbocycles. The summed E-state index contributed by atoms with van der Waals surface area (Å²) >= 11 is 0. The fraction of sp³-hybridized carbons (Fsp3) is 0.333. The number of nitro benzene ring substituents is 1. The fourth-order valence-corrected chi connectivity index (χ4v) is 2.44. The average molecular weight is 280 g/mol. The van der Waals surface area contributed by atoms with Gasteiger partial charge in [0.25, 0.3) is 5.69 Å². The van der Waals surface area contributed by atoms with Crippen molar-refractivity contribution in [1.82, 2.24) is 15.0 Å². The monoisotopic (exact) mass is 280 g/mol. The number of anilines is 1. The molecule has 2 aromatic rings. The predicted molar refractivity (Wildman–Crippen MR) is 69.9 cm³/mol. The van der Waals surface area contributed by atoms with Gasteiger partial charge in [0.1, 0.15) is 22.9 Å². The standard InChI is InChI=1S/C12H12FN5O2/c1-6-10-11(15-17(3)14-10)8-4-7(13)5-9(18(19)20)12(8)16(6)2/h4-6H,1-3H3/i3D3. The van der Waals surface area contributed by atoms with E-state index in [9.17, 15) is 14.5 Å². The molecular weight excluding hydrogens is 265 g/mol. The number of hydrogen-bond donors (Lipinski definition) is 0. The van der Waals surface area contributed by atoms with Crippen molar-refractivity contribution < 1.29 is 13.4 Å². The first-order chi connectivity index (χ1) is 10.6. The lowest BCUT2D eigenvalue weighted by molar-refractivity contribution is -0.384. The van der Waals surface area contributed by atoms with Gasteiger partial charge >= 0.3 is 0 Å². The van der Waals surface area contributed by atoms with E-state index in [1.807, 2.05) is 0 Å². The molecule has 0 bridgehead atoms. The van der Waals surface area contributed by atoms with Crippen molar-refractivity contribution in [1.29, 1.82) is 0 Å². The first kappa shape index (κ1) is 9.40. The molecule has 2 heterocycles. The van der Waals surface area contributed by atoms with Crippen LogP contribution < -0.4 is 4.90 Å². The number of aryl methyl sites for hydroxylation is 1. The second kappa shape index (κ2) is 3.99. The summed E-state index contributed by atoms with van der Waals surface area (Å²) in [5.41, 5.74) is 0.417. The molecule has 0 spiro atoms. The Labute approximate surface area is 118 Å². The summed E-state index contributed by atoms with van der Waals surface area (Å²) in [5, 5.41) is 19.1. The van der Waals surface area contributed by atoms with E-state index in [4.69, 9.17) is 4.11 Å². The number of fused-ring (bicyclic) bond motifs is 3. The summed E-state index contributed by atoms with van der Waals surface area (Å²) in [6.45, 7) is -0.873. The predicted octanol–water partition coefficient (Wildman–Crippen LogP) is 2.04. The van der Waals surface area contributed by atoms with E-state index in [-0.39, 0.29) is 16.9 Å². The molecule has 1 aliphatic rings. The zero-order chi connectivity index (χ0) is 17.1. The number of rotatable bonds is 1. The molecule has 0 amide bonds. The molecule has 1 aromatic heterocycles. The van der Waals surface area contributed by atoms with Crippen molar-refractivity contribution in [2.24, 2.45) is 6.98 Å². The van der Waals surface area contributed by atoms with Crippen LogP contribution in [-0.4, -0.2) is 27.0 Å². The van der Waals surface area contributed by atoms with Crippen molar-refractivity contribution in [2.45, 2.75) is 13.0 Å². The molecule has 7 nitrogen and oxygen atoms in total. The number of hydrogen-bond acceptors (Lipinski definition) is 5. The third-order valence-corrected chi connectivity index (χ3v) is 3.48. The van der Waals surface area contributed by atoms with E-state index in [1.54, 1.807) is 18.9 Å². The van der Waals surface area contributed by atoms with Gasteiger partial charge < -0.3 is 4.90 Å². The molecular formula is C12H12FN5O2. The Balaban J connectivity index is 2.34. The highest BCUT2D eigenvalue weighted by Gasteiger charge is 2.35. The molecule has 104 valence electrons. The topological polar surface area (TPSA) is 77.1 Å². The molecule has 8 heteroatoms. The van der Waals surface area contributed by atoms with Gasteiger partial charge in [-0.2, -0.15) is 15.0 Å². The highest BCUT2D eigenvalue weighted by Crippen LogP contribution is 2.46. The van der Waals surface area contributed by atoms with Gasteiger partial charge in [-0.15, -0.1) is 0 Å². The lowest BCUT2D eigenvalue weighted by Crippen LogP contribution is -2.27. The summed E-state index contributed by atoms with van der Waals surface area (Å²) in [5.74, 6) is -0.798. The van der Waals surface area contributed by atoms with Gasteiger partial charge in [0.15, 0.2) is 0 Å². The maximum atomic E-state index is 13.8. The largest absolute Gasteiger partial charge is 0.360 e. The maximum Gasteiger partial charge on any atom is 0.296 e. The molecule has 0 radical (unpaired) electrons. The van der Waals surface area contributed by atoms with E-state index in [0.29, 0.717) is 10.5 Å². The van der Waals surface area contributed by atoms with Crippen LogP contribution in [0.3, 0.4) is 0 Å². The number of benzene rings is 1. The number of nitro groups is 1. The first-order valence-corrected chi connectivity index (χ1v) is 5.80. The SMILES string of the molecule is [2H]C([2H])([2H])n1nc2c(n1)C(C)N(C)c1c-2cc(F)cc1[N+](=O)[O-]. The second-order valence-corrected chi connectivity index (χ2v) is 4.59. The Hall–Kier alpha value is -2.51. The molecule has 1 unspecified atom stereocenters. The van der Waals surface area contributed by atoms with Crippen molar-refractivity contribution in [2.75, 3.05) is 11.9 Å². The van der Waals surface area contributed by atoms with Crippen LogP contribution >= 0.6 is 0 Å². The van der Waals surface area contributed by atoms with Crippen molar-refractivity contribution in [3.8, 4) is 11.3 Å². The van der Waals surface area contributed by atoms with E-state index < -0.39 is 29.4 Å². The van der Waals surface area contributed by atoms with Gasteiger partial charge in [-0.3, -0.25) is 10.1 Å². The van der Waals surface area contributed by atoms with Crippen LogP contribution in [0.1, 0.15) is 22.8 Å². The van der Waals surface area contributed by atoms with Crippen LogP contribution in [0.4, 0.5) is 15.8 Å². The van der Waals surface area contributed by atoms with E-state index in [0.717, 1.165) is 12.1 Å². The van der Waals surface area contributed by atoms with Gasteiger partial charge in [0.2, 0.25) is 0 Å². The van der Waals surface area contributed by atoms with Crippen molar-refractivity contribution >= 4 is 11.4 Å². The van der Waals surface area contributed by atoms with Crippen LogP contribution in [-0.2, 0) is 6.98 Å². The normalized spacial score (nSPS) is 19.6. The van der Waals surface area contributed by atoms with Gasteiger partial charge in [0, 0.05) is 23.7 Å². The van der Waals surface area contributed by atoms with Gasteiger partial charge in [-0.1, -0.05) is 0 Å². The summed E-state index contributed by atoms with van der Waals surface area (Å²) < 4.78 is 35.9. The Kier molecular flexibility index (Phi) is 1.88. The Morgan fingerprint density at radius 3 is 2.90 bits per heavy atom. The van der Waals surface area contributed by atoms with Crippen LogP contribution in [0.15, 0.2) is 12.1 Å². The van der Waals surface area contributed by atoms with Crippen LogP contribution in [0.2, 0.25) is 0 Å². The van der Waals surface area contributed by atoms with E-state index in [1.165, 1.54) is 0 Å². The number of halogens is 1. The van der Waals surface area contributed by atoms with Crippen LogP contribution in [0.25, 0.3) is 11.3 Å². The Morgan fingerprint density at radius 2 is 2.25 bits per heavy atom. The van der Waals surface area contributed by atoms with Crippen molar-refractivity contribution in [3.05, 3.63) is 33.8 Å². The van der Waals surface area contributed by atoms with Crippen LogP contribution in [0, 0.1) is 15.9 Å². The van der Waals surface area contributed by atoms with Gasteiger partial charge in [-0.25, -0.2) is 4.39 Å². The smallest absolute Gasteiger partial charge is 0.296 e. The fourth-order valence-electron chi connectivity index (χ4n) is 2.44. The molecule has 20 heavy (non-hydrogen) atoms. The minimum atomic E-state index is -2.59. The molecule has 0 fully saturated rings. The van der Waals surface area contributed by atoms with E-state index >= 15 is 0 Å². The zero-order valence-corrected chi connectivity index (χ0v) is 10.7. The summed E-state index contributed by atoms with van der Waals surface area (Å²) in [6, 6.07) is 1.49. The minimum Gasteiger partial charge on any atom is -0.360 e. The molecule has 1 aromatic carbocycles. The highest BCUT2D eigenvalue weighted by molar-refractivity contribution is 5.87. The summed E-state index contributed by atoms with van der Waals surface area (Å²) in [7, 11) is 1.60. The molecule has 1 atom stereocenters. The van der Waals surface area contributed by atoms with Crippen molar-refractivity contribution in [3.63, 3.8) is 0 Å². The number of nitrogens with zero attached hydrogens (tertiary/aromatic N) is 5. The Morgan fingerprint density at radius 1 is 1.50 bits per heavy atom. The zero-order valence-electron chi connectivity index (χ0n) is 13.7. The lowest BCUT2D eigenvalue weighted by Gasteiger charge is -2.31. The number of aromatic nitrogens is 3. The van der Waals surface area contributed by atoms with E-state index in [2.05, 4.69) is 10.2 Å². The molecule has 0 N–H and O–H groups in total. The molecule has 1 aliphatic heterocycles. The molecule has 0 saturated heterocycles. The quantitative estimate of drug-likeness (QED) is 0.590. The first-order valence-electron chi connectivity index (χ1n) is 7.30. The maximum absolute atomic E-state index is 13.8. The molecule has 3 rings (SSSR count). The van der Waals surface area contributed by atoms with Gasteiger partial charge in [-0.05, 0) is 13.0 Å². The second-order valence-electron chi connectivity index (χ2n) is 4.59. The van der Waals surface area contributed by atoms with Crippen LogP contribution in [0.5, 0.6) is 0 Å².